The summed E-state index contributed by atoms with van der Waals surface area (Å²) < 4.78 is 37.2. The van der Waals surface area contributed by atoms with E-state index >= 15 is 0 Å². The van der Waals surface area contributed by atoms with Gasteiger partial charge in [0.05, 0.1) is 5.39 Å². The number of H-pyrrole nitrogens is 1. The SMILES string of the molecule is Nc1ncnc2[nH]cc(-c3cnc(C(F)(F)F)nc3)c12. The van der Waals surface area contributed by atoms with Gasteiger partial charge in [-0.15, -0.1) is 0 Å². The predicted molar refractivity (Wildman–Crippen MR) is 64.3 cm³/mol. The molecule has 0 atom stereocenters. The molecule has 0 radical (unpaired) electrons. The van der Waals surface area contributed by atoms with Crippen LogP contribution >= 0.6 is 0 Å². The van der Waals surface area contributed by atoms with Gasteiger partial charge in [-0.1, -0.05) is 0 Å². The second kappa shape index (κ2) is 4.15. The number of nitrogen functional groups attached to an aromatic ring is 1. The molecule has 3 rings (SSSR count). The fourth-order valence-electron chi connectivity index (χ4n) is 1.83. The third kappa shape index (κ3) is 1.92. The third-order valence-corrected chi connectivity index (χ3v) is 2.72. The van der Waals surface area contributed by atoms with E-state index in [1.54, 1.807) is 6.20 Å². The predicted octanol–water partition coefficient (Wildman–Crippen LogP) is 2.02. The van der Waals surface area contributed by atoms with Gasteiger partial charge in [0.1, 0.15) is 17.8 Å². The maximum atomic E-state index is 12.4. The van der Waals surface area contributed by atoms with Crippen molar-refractivity contribution in [3.05, 3.63) is 30.7 Å². The minimum Gasteiger partial charge on any atom is -0.383 e. The molecule has 3 aromatic rings. The van der Waals surface area contributed by atoms with Gasteiger partial charge in [-0.05, 0) is 0 Å². The van der Waals surface area contributed by atoms with Crippen molar-refractivity contribution in [2.45, 2.75) is 6.18 Å². The van der Waals surface area contributed by atoms with Gasteiger partial charge in [0.15, 0.2) is 0 Å². The Balaban J connectivity index is 2.12. The number of halogens is 3. The number of rotatable bonds is 1. The van der Waals surface area contributed by atoms with E-state index in [2.05, 4.69) is 24.9 Å². The van der Waals surface area contributed by atoms with Crippen molar-refractivity contribution in [2.75, 3.05) is 5.73 Å². The largest absolute Gasteiger partial charge is 0.451 e. The molecule has 0 bridgehead atoms. The van der Waals surface area contributed by atoms with Crippen LogP contribution in [0, 0.1) is 0 Å². The quantitative estimate of drug-likeness (QED) is 0.711. The summed E-state index contributed by atoms with van der Waals surface area (Å²) >= 11 is 0. The summed E-state index contributed by atoms with van der Waals surface area (Å²) in [6.07, 6.45) is 0.472. The Morgan fingerprint density at radius 1 is 1.05 bits per heavy atom. The molecule has 0 aliphatic heterocycles. The zero-order chi connectivity index (χ0) is 14.3. The van der Waals surface area contributed by atoms with E-state index in [1.165, 1.54) is 6.33 Å². The van der Waals surface area contributed by atoms with Crippen molar-refractivity contribution < 1.29 is 13.2 Å². The first-order valence-corrected chi connectivity index (χ1v) is 5.44. The van der Waals surface area contributed by atoms with Crippen LogP contribution in [0.15, 0.2) is 24.9 Å². The number of nitrogens with one attached hydrogen (secondary N) is 1. The molecule has 0 spiro atoms. The Morgan fingerprint density at radius 2 is 1.75 bits per heavy atom. The molecule has 0 aliphatic rings. The fraction of sp³-hybridized carbons (Fsp3) is 0.0909. The van der Waals surface area contributed by atoms with Gasteiger partial charge in [-0.2, -0.15) is 13.2 Å². The molecule has 0 saturated heterocycles. The summed E-state index contributed by atoms with van der Waals surface area (Å²) in [5, 5.41) is 0.524. The molecule has 20 heavy (non-hydrogen) atoms. The van der Waals surface area contributed by atoms with Gasteiger partial charge in [0.25, 0.3) is 0 Å². The molecule has 3 heterocycles. The number of aromatic nitrogens is 5. The van der Waals surface area contributed by atoms with E-state index < -0.39 is 12.0 Å². The summed E-state index contributed by atoms with van der Waals surface area (Å²) in [5.41, 5.74) is 7.18. The van der Waals surface area contributed by atoms with Gasteiger partial charge in [0, 0.05) is 29.7 Å². The Hall–Kier alpha value is -2.71. The first-order valence-electron chi connectivity index (χ1n) is 5.44. The summed E-state index contributed by atoms with van der Waals surface area (Å²) in [5.74, 6) is -0.962. The molecular weight excluding hydrogens is 273 g/mol. The molecule has 0 aliphatic carbocycles. The molecule has 3 N–H and O–H groups in total. The van der Waals surface area contributed by atoms with Crippen molar-refractivity contribution >= 4 is 16.9 Å². The highest BCUT2D eigenvalue weighted by Gasteiger charge is 2.34. The summed E-state index contributed by atoms with van der Waals surface area (Å²) in [7, 11) is 0. The number of hydrogen-bond donors (Lipinski definition) is 2. The lowest BCUT2D eigenvalue weighted by Crippen LogP contribution is -2.10. The normalized spacial score (nSPS) is 11.9. The van der Waals surface area contributed by atoms with E-state index in [9.17, 15) is 13.2 Å². The first-order chi connectivity index (χ1) is 9.47. The molecular formula is C11H7F3N6. The van der Waals surface area contributed by atoms with E-state index in [0.29, 0.717) is 22.2 Å². The van der Waals surface area contributed by atoms with Crippen LogP contribution < -0.4 is 5.73 Å². The van der Waals surface area contributed by atoms with Crippen molar-refractivity contribution in [3.8, 4) is 11.1 Å². The Labute approximate surface area is 109 Å². The standard InChI is InChI=1S/C11H7F3N6/c12-11(13,14)10-17-1-5(2-18-10)6-3-16-9-7(6)8(15)19-4-20-9/h1-4H,(H3,15,16,19,20). The smallest absolute Gasteiger partial charge is 0.383 e. The van der Waals surface area contributed by atoms with E-state index in [0.717, 1.165) is 12.4 Å². The maximum absolute atomic E-state index is 12.4. The second-order valence-corrected chi connectivity index (χ2v) is 3.98. The lowest BCUT2D eigenvalue weighted by atomic mass is 10.1. The maximum Gasteiger partial charge on any atom is 0.451 e. The lowest BCUT2D eigenvalue weighted by molar-refractivity contribution is -0.144. The summed E-state index contributed by atoms with van der Waals surface area (Å²) in [4.78, 5) is 17.3. The number of anilines is 1. The van der Waals surface area contributed by atoms with Gasteiger partial charge in [0.2, 0.25) is 5.82 Å². The summed E-state index contributed by atoms with van der Waals surface area (Å²) in [6, 6.07) is 0. The molecule has 3 aromatic heterocycles. The molecule has 0 amide bonds. The van der Waals surface area contributed by atoms with Crippen molar-refractivity contribution in [3.63, 3.8) is 0 Å². The van der Waals surface area contributed by atoms with Crippen LogP contribution in [0.5, 0.6) is 0 Å². The van der Waals surface area contributed by atoms with Gasteiger partial charge >= 0.3 is 6.18 Å². The number of aromatic amines is 1. The van der Waals surface area contributed by atoms with E-state index in [4.69, 9.17) is 5.73 Å². The molecule has 0 aromatic carbocycles. The molecule has 9 heteroatoms. The second-order valence-electron chi connectivity index (χ2n) is 3.98. The van der Waals surface area contributed by atoms with Crippen LogP contribution in [0.2, 0.25) is 0 Å². The summed E-state index contributed by atoms with van der Waals surface area (Å²) in [6.45, 7) is 0. The highest BCUT2D eigenvalue weighted by Crippen LogP contribution is 2.31. The Bertz CT molecular complexity index is 762. The van der Waals surface area contributed by atoms with Crippen molar-refractivity contribution in [2.24, 2.45) is 0 Å². The molecule has 6 nitrogen and oxygen atoms in total. The minimum atomic E-state index is -4.57. The number of nitrogens with two attached hydrogens (primary N) is 1. The third-order valence-electron chi connectivity index (χ3n) is 2.72. The molecule has 0 saturated carbocycles. The average Bonchev–Trinajstić information content (AvgIpc) is 2.83. The van der Waals surface area contributed by atoms with Gasteiger partial charge in [-0.25, -0.2) is 19.9 Å². The zero-order valence-corrected chi connectivity index (χ0v) is 9.81. The average molecular weight is 280 g/mol. The molecule has 0 unspecified atom stereocenters. The van der Waals surface area contributed by atoms with Crippen LogP contribution in [0.3, 0.4) is 0 Å². The minimum absolute atomic E-state index is 0.228. The highest BCUT2D eigenvalue weighted by atomic mass is 19.4. The van der Waals surface area contributed by atoms with Gasteiger partial charge in [-0.3, -0.25) is 0 Å². The number of alkyl halides is 3. The molecule has 102 valence electrons. The number of fused-ring (bicyclic) bond motifs is 1. The Kier molecular flexibility index (Phi) is 2.56. The van der Waals surface area contributed by atoms with Crippen molar-refractivity contribution in [1.29, 1.82) is 0 Å². The number of hydrogen-bond acceptors (Lipinski definition) is 5. The lowest BCUT2D eigenvalue weighted by Gasteiger charge is -2.05. The highest BCUT2D eigenvalue weighted by molar-refractivity contribution is 5.99. The van der Waals surface area contributed by atoms with Crippen LogP contribution in [-0.4, -0.2) is 24.9 Å². The molecule has 0 fully saturated rings. The van der Waals surface area contributed by atoms with Crippen molar-refractivity contribution in [1.82, 2.24) is 24.9 Å². The topological polar surface area (TPSA) is 93.4 Å². The van der Waals surface area contributed by atoms with Gasteiger partial charge < -0.3 is 10.7 Å². The van der Waals surface area contributed by atoms with Crippen LogP contribution in [0.4, 0.5) is 19.0 Å². The monoisotopic (exact) mass is 280 g/mol. The van der Waals surface area contributed by atoms with Crippen LogP contribution in [0.1, 0.15) is 5.82 Å². The number of nitrogens with zero attached hydrogens (tertiary/aromatic N) is 4. The Morgan fingerprint density at radius 3 is 2.40 bits per heavy atom. The van der Waals surface area contributed by atoms with Crippen LogP contribution in [-0.2, 0) is 6.18 Å². The zero-order valence-electron chi connectivity index (χ0n) is 9.81. The van der Waals surface area contributed by atoms with Crippen LogP contribution in [0.25, 0.3) is 22.2 Å². The van der Waals surface area contributed by atoms with E-state index in [1.807, 2.05) is 0 Å². The van der Waals surface area contributed by atoms with E-state index in [-0.39, 0.29) is 5.82 Å². The fourth-order valence-corrected chi connectivity index (χ4v) is 1.83. The first kappa shape index (κ1) is 12.3.